The van der Waals surface area contributed by atoms with Crippen LogP contribution in [0.1, 0.15) is 11.9 Å². The Hall–Kier alpha value is -2.77. The number of ether oxygens (including phenoxy) is 2. The SMILES string of the molecule is O=C(NC[C@@H](O)c1ccc(-c2ccsc2)o1)[C@@H]1COc2ccccc2O1. The van der Waals surface area contributed by atoms with Crippen LogP contribution in [0.3, 0.4) is 0 Å². The van der Waals surface area contributed by atoms with Crippen molar-refractivity contribution in [2.75, 3.05) is 13.2 Å². The third kappa shape index (κ3) is 3.44. The van der Waals surface area contributed by atoms with Crippen LogP contribution in [0.4, 0.5) is 0 Å². The number of benzene rings is 1. The summed E-state index contributed by atoms with van der Waals surface area (Å²) in [6.07, 6.45) is -1.70. The van der Waals surface area contributed by atoms with E-state index in [9.17, 15) is 9.90 Å². The Morgan fingerprint density at radius 3 is 2.88 bits per heavy atom. The quantitative estimate of drug-likeness (QED) is 0.721. The van der Waals surface area contributed by atoms with Crippen LogP contribution in [-0.4, -0.2) is 30.3 Å². The maximum Gasteiger partial charge on any atom is 0.264 e. The summed E-state index contributed by atoms with van der Waals surface area (Å²) in [6.45, 7) is 0.152. The number of fused-ring (bicyclic) bond motifs is 1. The van der Waals surface area contributed by atoms with E-state index in [-0.39, 0.29) is 19.1 Å². The summed E-state index contributed by atoms with van der Waals surface area (Å²) in [6, 6.07) is 12.6. The van der Waals surface area contributed by atoms with Crippen LogP contribution in [0.5, 0.6) is 11.5 Å². The molecular formula is C19H17NO5S. The van der Waals surface area contributed by atoms with Crippen LogP contribution < -0.4 is 14.8 Å². The largest absolute Gasteiger partial charge is 0.485 e. The van der Waals surface area contributed by atoms with Crippen molar-refractivity contribution in [3.63, 3.8) is 0 Å². The lowest BCUT2D eigenvalue weighted by Crippen LogP contribution is -2.45. The minimum atomic E-state index is -0.942. The Kier molecular flexibility index (Phi) is 4.64. The molecule has 0 bridgehead atoms. The van der Waals surface area contributed by atoms with Crippen LogP contribution in [0.25, 0.3) is 11.3 Å². The van der Waals surface area contributed by atoms with Crippen molar-refractivity contribution in [3.05, 3.63) is 59.0 Å². The number of amides is 1. The van der Waals surface area contributed by atoms with Crippen molar-refractivity contribution in [2.24, 2.45) is 0 Å². The lowest BCUT2D eigenvalue weighted by molar-refractivity contribution is -0.130. The number of hydrogen-bond acceptors (Lipinski definition) is 6. The summed E-state index contributed by atoms with van der Waals surface area (Å²) in [5.41, 5.74) is 0.962. The predicted molar refractivity (Wildman–Crippen MR) is 96.3 cm³/mol. The van der Waals surface area contributed by atoms with Crippen molar-refractivity contribution in [2.45, 2.75) is 12.2 Å². The Morgan fingerprint density at radius 2 is 2.08 bits per heavy atom. The van der Waals surface area contributed by atoms with Crippen LogP contribution >= 0.6 is 11.3 Å². The van der Waals surface area contributed by atoms with E-state index in [0.717, 1.165) is 5.56 Å². The van der Waals surface area contributed by atoms with Crippen molar-refractivity contribution in [1.29, 1.82) is 0 Å². The van der Waals surface area contributed by atoms with E-state index in [4.69, 9.17) is 13.9 Å². The van der Waals surface area contributed by atoms with E-state index in [1.54, 1.807) is 35.6 Å². The molecule has 1 amide bonds. The van der Waals surface area contributed by atoms with Gasteiger partial charge in [-0.15, -0.1) is 0 Å². The van der Waals surface area contributed by atoms with Gasteiger partial charge in [0, 0.05) is 10.9 Å². The summed E-state index contributed by atoms with van der Waals surface area (Å²) in [5, 5.41) is 16.9. The molecule has 2 aromatic heterocycles. The summed E-state index contributed by atoms with van der Waals surface area (Å²) in [5.74, 6) is 1.90. The second kappa shape index (κ2) is 7.23. The van der Waals surface area contributed by atoms with E-state index < -0.39 is 12.2 Å². The lowest BCUT2D eigenvalue weighted by atomic mass is 10.2. The molecule has 2 N–H and O–H groups in total. The lowest BCUT2D eigenvalue weighted by Gasteiger charge is -2.25. The fourth-order valence-corrected chi connectivity index (χ4v) is 3.30. The Labute approximate surface area is 154 Å². The van der Waals surface area contributed by atoms with Gasteiger partial charge in [0.1, 0.15) is 24.2 Å². The summed E-state index contributed by atoms with van der Waals surface area (Å²) in [7, 11) is 0. The minimum Gasteiger partial charge on any atom is -0.485 e. The Bertz CT molecular complexity index is 889. The van der Waals surface area contributed by atoms with E-state index >= 15 is 0 Å². The van der Waals surface area contributed by atoms with Gasteiger partial charge in [-0.05, 0) is 35.7 Å². The first-order chi connectivity index (χ1) is 12.7. The fourth-order valence-electron chi connectivity index (χ4n) is 2.65. The molecule has 0 aliphatic carbocycles. The zero-order valence-corrected chi connectivity index (χ0v) is 14.6. The molecule has 0 unspecified atom stereocenters. The van der Waals surface area contributed by atoms with E-state index in [2.05, 4.69) is 5.32 Å². The average Bonchev–Trinajstić information content (AvgIpc) is 3.36. The Morgan fingerprint density at radius 1 is 1.23 bits per heavy atom. The molecule has 0 fully saturated rings. The van der Waals surface area contributed by atoms with Gasteiger partial charge in [-0.1, -0.05) is 12.1 Å². The topological polar surface area (TPSA) is 80.9 Å². The standard InChI is InChI=1S/C19H17NO5S/c21-13(15-6-5-14(24-15)12-7-8-26-11-12)9-20-19(22)18-10-23-16-3-1-2-4-17(16)25-18/h1-8,11,13,18,21H,9-10H2,(H,20,22)/t13-,18+/m1/s1. The number of aliphatic hydroxyl groups excluding tert-OH is 1. The van der Waals surface area contributed by atoms with E-state index in [0.29, 0.717) is 23.0 Å². The second-order valence-electron chi connectivity index (χ2n) is 5.84. The van der Waals surface area contributed by atoms with Gasteiger partial charge in [0.05, 0.1) is 6.54 Å². The highest BCUT2D eigenvalue weighted by Gasteiger charge is 2.27. The third-order valence-electron chi connectivity index (χ3n) is 4.03. The van der Waals surface area contributed by atoms with E-state index in [1.807, 2.05) is 29.0 Å². The number of nitrogens with one attached hydrogen (secondary N) is 1. The van der Waals surface area contributed by atoms with Gasteiger partial charge in [-0.2, -0.15) is 11.3 Å². The molecule has 0 spiro atoms. The number of rotatable bonds is 5. The highest BCUT2D eigenvalue weighted by Crippen LogP contribution is 2.31. The molecule has 7 heteroatoms. The van der Waals surface area contributed by atoms with Crippen LogP contribution in [0.15, 0.2) is 57.6 Å². The van der Waals surface area contributed by atoms with Gasteiger partial charge >= 0.3 is 0 Å². The smallest absolute Gasteiger partial charge is 0.264 e. The van der Waals surface area contributed by atoms with Gasteiger partial charge in [0.15, 0.2) is 11.5 Å². The van der Waals surface area contributed by atoms with Crippen LogP contribution in [-0.2, 0) is 4.79 Å². The molecule has 0 saturated heterocycles. The highest BCUT2D eigenvalue weighted by atomic mass is 32.1. The van der Waals surface area contributed by atoms with Crippen molar-refractivity contribution in [3.8, 4) is 22.8 Å². The minimum absolute atomic E-state index is 0.0247. The number of hydrogen-bond donors (Lipinski definition) is 2. The first-order valence-electron chi connectivity index (χ1n) is 8.17. The Balaban J connectivity index is 1.33. The molecule has 0 saturated carbocycles. The highest BCUT2D eigenvalue weighted by molar-refractivity contribution is 7.08. The predicted octanol–water partition coefficient (Wildman–Crippen LogP) is 3.00. The number of para-hydroxylation sites is 2. The molecule has 6 nitrogen and oxygen atoms in total. The molecule has 134 valence electrons. The molecule has 4 rings (SSSR count). The van der Waals surface area contributed by atoms with Crippen molar-refractivity contribution < 1.29 is 23.8 Å². The van der Waals surface area contributed by atoms with Gasteiger partial charge in [0.2, 0.25) is 6.10 Å². The van der Waals surface area contributed by atoms with Gasteiger partial charge in [-0.25, -0.2) is 0 Å². The summed E-state index contributed by atoms with van der Waals surface area (Å²) < 4.78 is 16.8. The number of carbonyl (C=O) groups is 1. The fraction of sp³-hybridized carbons (Fsp3) is 0.211. The maximum absolute atomic E-state index is 12.3. The van der Waals surface area contributed by atoms with Gasteiger partial charge in [-0.3, -0.25) is 4.79 Å². The normalized spacial score (nSPS) is 16.9. The van der Waals surface area contributed by atoms with Gasteiger partial charge in [0.25, 0.3) is 5.91 Å². The van der Waals surface area contributed by atoms with Crippen LogP contribution in [0.2, 0.25) is 0 Å². The average molecular weight is 371 g/mol. The monoisotopic (exact) mass is 371 g/mol. The zero-order chi connectivity index (χ0) is 17.9. The van der Waals surface area contributed by atoms with Crippen molar-refractivity contribution in [1.82, 2.24) is 5.32 Å². The number of thiophene rings is 1. The molecule has 0 radical (unpaired) electrons. The molecule has 3 heterocycles. The zero-order valence-electron chi connectivity index (χ0n) is 13.8. The number of aliphatic hydroxyl groups is 1. The molecule has 2 atom stereocenters. The molecular weight excluding hydrogens is 354 g/mol. The maximum atomic E-state index is 12.3. The van der Waals surface area contributed by atoms with Crippen LogP contribution in [0, 0.1) is 0 Å². The van der Waals surface area contributed by atoms with E-state index in [1.165, 1.54) is 0 Å². The molecule has 26 heavy (non-hydrogen) atoms. The molecule has 1 aliphatic rings. The van der Waals surface area contributed by atoms with Crippen molar-refractivity contribution >= 4 is 17.2 Å². The third-order valence-corrected chi connectivity index (χ3v) is 4.71. The first kappa shape index (κ1) is 16.7. The molecule has 1 aromatic carbocycles. The summed E-state index contributed by atoms with van der Waals surface area (Å²) >= 11 is 1.57. The number of carbonyl (C=O) groups excluding carboxylic acids is 1. The first-order valence-corrected chi connectivity index (χ1v) is 9.11. The number of furan rings is 1. The molecule has 3 aromatic rings. The second-order valence-corrected chi connectivity index (χ2v) is 6.62. The molecule has 1 aliphatic heterocycles. The van der Waals surface area contributed by atoms with Gasteiger partial charge < -0.3 is 24.3 Å². The summed E-state index contributed by atoms with van der Waals surface area (Å²) in [4.78, 5) is 12.3.